The minimum atomic E-state index is -0.577. The van der Waals surface area contributed by atoms with Crippen LogP contribution in [0.1, 0.15) is 29.2 Å². The van der Waals surface area contributed by atoms with Crippen LogP contribution < -0.4 is 14.8 Å². The minimum absolute atomic E-state index is 0.562. The molecule has 7 heteroatoms. The van der Waals surface area contributed by atoms with E-state index in [9.17, 15) is 0 Å². The zero-order valence-corrected chi connectivity index (χ0v) is 16.6. The van der Waals surface area contributed by atoms with Crippen LogP contribution in [0, 0.1) is 13.8 Å². The number of nitrogens with one attached hydrogen (secondary N) is 1. The maximum absolute atomic E-state index is 5.64. The fourth-order valence-electron chi connectivity index (χ4n) is 3.62. The molecule has 1 aromatic heterocycles. The van der Waals surface area contributed by atoms with Gasteiger partial charge in [-0.05, 0) is 61.5 Å². The summed E-state index contributed by atoms with van der Waals surface area (Å²) in [7, 11) is 3.34. The van der Waals surface area contributed by atoms with Crippen molar-refractivity contribution in [3.63, 3.8) is 0 Å². The maximum atomic E-state index is 5.64. The first-order chi connectivity index (χ1) is 13.4. The third kappa shape index (κ3) is 2.89. The molecule has 0 saturated carbocycles. The predicted octanol–water partition coefficient (Wildman–Crippen LogP) is 3.54. The monoisotopic (exact) mass is 377 g/mol. The molecule has 28 heavy (non-hydrogen) atoms. The SMILES string of the molecule is COc1ccc(C)cc1C1=CC(C)(c2cc(C)ccc2OC)Nc2nnnn21. The Morgan fingerprint density at radius 2 is 1.64 bits per heavy atom. The molecule has 1 N–H and O–H groups in total. The largest absolute Gasteiger partial charge is 0.496 e. The number of tetrazole rings is 1. The number of anilines is 1. The number of benzene rings is 2. The highest BCUT2D eigenvalue weighted by molar-refractivity contribution is 5.77. The van der Waals surface area contributed by atoms with Gasteiger partial charge in [0.15, 0.2) is 0 Å². The van der Waals surface area contributed by atoms with Crippen molar-refractivity contribution in [3.05, 3.63) is 64.7 Å². The van der Waals surface area contributed by atoms with E-state index < -0.39 is 5.54 Å². The Morgan fingerprint density at radius 3 is 2.36 bits per heavy atom. The van der Waals surface area contributed by atoms with Gasteiger partial charge in [0, 0.05) is 11.1 Å². The Kier molecular flexibility index (Phi) is 4.30. The van der Waals surface area contributed by atoms with Crippen molar-refractivity contribution in [2.75, 3.05) is 19.5 Å². The molecule has 2 aromatic carbocycles. The van der Waals surface area contributed by atoms with Crippen molar-refractivity contribution in [2.45, 2.75) is 26.3 Å². The van der Waals surface area contributed by atoms with Crippen LogP contribution in [0.4, 0.5) is 5.95 Å². The zero-order valence-electron chi connectivity index (χ0n) is 16.6. The Bertz CT molecular complexity index is 1070. The topological polar surface area (TPSA) is 74.1 Å². The van der Waals surface area contributed by atoms with Crippen molar-refractivity contribution in [1.82, 2.24) is 20.2 Å². The molecule has 3 aromatic rings. The van der Waals surface area contributed by atoms with Crippen LogP contribution in [0.15, 0.2) is 42.5 Å². The van der Waals surface area contributed by atoms with Gasteiger partial charge in [0.2, 0.25) is 5.95 Å². The molecule has 2 heterocycles. The molecule has 0 spiro atoms. The van der Waals surface area contributed by atoms with E-state index in [-0.39, 0.29) is 0 Å². The zero-order chi connectivity index (χ0) is 19.9. The summed E-state index contributed by atoms with van der Waals surface area (Å²) in [6.07, 6.45) is 2.12. The van der Waals surface area contributed by atoms with Crippen molar-refractivity contribution in [2.24, 2.45) is 0 Å². The van der Waals surface area contributed by atoms with E-state index in [1.54, 1.807) is 18.9 Å². The highest BCUT2D eigenvalue weighted by atomic mass is 16.5. The fraction of sp³-hybridized carbons (Fsp3) is 0.286. The maximum Gasteiger partial charge on any atom is 0.248 e. The summed E-state index contributed by atoms with van der Waals surface area (Å²) in [5.74, 6) is 2.12. The second-order valence-corrected chi connectivity index (χ2v) is 7.18. The van der Waals surface area contributed by atoms with Crippen LogP contribution in [0.25, 0.3) is 5.70 Å². The number of aryl methyl sites for hydroxylation is 2. The van der Waals surface area contributed by atoms with E-state index in [0.717, 1.165) is 39.4 Å². The molecule has 1 aliphatic heterocycles. The van der Waals surface area contributed by atoms with Gasteiger partial charge in [-0.3, -0.25) is 0 Å². The summed E-state index contributed by atoms with van der Waals surface area (Å²) in [4.78, 5) is 0. The predicted molar refractivity (Wildman–Crippen MR) is 108 cm³/mol. The highest BCUT2D eigenvalue weighted by Crippen LogP contribution is 2.41. The molecular weight excluding hydrogens is 354 g/mol. The minimum Gasteiger partial charge on any atom is -0.496 e. The number of methoxy groups -OCH3 is 2. The summed E-state index contributed by atoms with van der Waals surface area (Å²) in [5, 5.41) is 15.7. The lowest BCUT2D eigenvalue weighted by molar-refractivity contribution is 0.402. The molecule has 0 saturated heterocycles. The van der Waals surface area contributed by atoms with Crippen LogP contribution in [0.5, 0.6) is 11.5 Å². The summed E-state index contributed by atoms with van der Waals surface area (Å²) in [6.45, 7) is 6.20. The molecule has 0 bridgehead atoms. The quantitative estimate of drug-likeness (QED) is 0.750. The molecule has 144 valence electrons. The normalized spacial score (nSPS) is 18.1. The molecule has 1 aliphatic rings. The molecule has 0 aliphatic carbocycles. The van der Waals surface area contributed by atoms with Gasteiger partial charge < -0.3 is 14.8 Å². The van der Waals surface area contributed by atoms with E-state index in [1.165, 1.54) is 0 Å². The first kappa shape index (κ1) is 18.0. The van der Waals surface area contributed by atoms with Gasteiger partial charge in [0.1, 0.15) is 11.5 Å². The molecule has 0 radical (unpaired) electrons. The van der Waals surface area contributed by atoms with Crippen LogP contribution in [0.3, 0.4) is 0 Å². The molecule has 0 amide bonds. The van der Waals surface area contributed by atoms with E-state index >= 15 is 0 Å². The lowest BCUT2D eigenvalue weighted by atomic mass is 9.87. The average molecular weight is 377 g/mol. The number of ether oxygens (including phenoxy) is 2. The number of nitrogens with zero attached hydrogens (tertiary/aromatic N) is 4. The molecule has 1 unspecified atom stereocenters. The number of fused-ring (bicyclic) bond motifs is 1. The van der Waals surface area contributed by atoms with Crippen molar-refractivity contribution in [3.8, 4) is 11.5 Å². The average Bonchev–Trinajstić information content (AvgIpc) is 3.15. The van der Waals surface area contributed by atoms with Crippen molar-refractivity contribution in [1.29, 1.82) is 0 Å². The third-order valence-corrected chi connectivity index (χ3v) is 5.04. The van der Waals surface area contributed by atoms with Gasteiger partial charge in [-0.15, -0.1) is 0 Å². The highest BCUT2D eigenvalue weighted by Gasteiger charge is 2.35. The van der Waals surface area contributed by atoms with E-state index in [1.807, 2.05) is 31.2 Å². The summed E-state index contributed by atoms with van der Waals surface area (Å²) in [5.41, 5.74) is 4.48. The van der Waals surface area contributed by atoms with Gasteiger partial charge in [0.05, 0.1) is 25.5 Å². The van der Waals surface area contributed by atoms with Gasteiger partial charge in [-0.1, -0.05) is 28.4 Å². The van der Waals surface area contributed by atoms with Crippen LogP contribution in [-0.2, 0) is 5.54 Å². The Hall–Kier alpha value is -3.35. The molecule has 1 atom stereocenters. The van der Waals surface area contributed by atoms with E-state index in [2.05, 4.69) is 52.9 Å². The Balaban J connectivity index is 1.97. The fourth-order valence-corrected chi connectivity index (χ4v) is 3.62. The summed E-state index contributed by atoms with van der Waals surface area (Å²) < 4.78 is 13.0. The molecule has 4 rings (SSSR count). The van der Waals surface area contributed by atoms with Crippen molar-refractivity contribution >= 4 is 11.6 Å². The summed E-state index contributed by atoms with van der Waals surface area (Å²) in [6, 6.07) is 12.2. The summed E-state index contributed by atoms with van der Waals surface area (Å²) >= 11 is 0. The Morgan fingerprint density at radius 1 is 0.964 bits per heavy atom. The van der Waals surface area contributed by atoms with Gasteiger partial charge in [-0.2, -0.15) is 4.68 Å². The first-order valence-electron chi connectivity index (χ1n) is 9.05. The smallest absolute Gasteiger partial charge is 0.248 e. The first-order valence-corrected chi connectivity index (χ1v) is 9.05. The second kappa shape index (κ2) is 6.67. The number of hydrogen-bond acceptors (Lipinski definition) is 6. The van der Waals surface area contributed by atoms with Gasteiger partial charge >= 0.3 is 0 Å². The lowest BCUT2D eigenvalue weighted by Gasteiger charge is -2.34. The third-order valence-electron chi connectivity index (χ3n) is 5.04. The standard InChI is InChI=1S/C21H23N5O2/c1-13-6-8-18(27-4)15(10-13)17-12-21(3,22-20-23-24-25-26(17)20)16-11-14(2)7-9-19(16)28-5/h6-12H,1-5H3,(H,22,23,25). The second-order valence-electron chi connectivity index (χ2n) is 7.18. The number of rotatable bonds is 4. The van der Waals surface area contributed by atoms with Crippen molar-refractivity contribution < 1.29 is 9.47 Å². The molecule has 0 fully saturated rings. The van der Waals surface area contributed by atoms with E-state index in [0.29, 0.717) is 5.95 Å². The van der Waals surface area contributed by atoms with Crippen LogP contribution in [-0.4, -0.2) is 34.4 Å². The van der Waals surface area contributed by atoms with Crippen LogP contribution >= 0.6 is 0 Å². The number of hydrogen-bond donors (Lipinski definition) is 1. The van der Waals surface area contributed by atoms with Crippen LogP contribution in [0.2, 0.25) is 0 Å². The number of aromatic nitrogens is 4. The van der Waals surface area contributed by atoms with Gasteiger partial charge in [-0.25, -0.2) is 0 Å². The lowest BCUT2D eigenvalue weighted by Crippen LogP contribution is -2.35. The van der Waals surface area contributed by atoms with E-state index in [4.69, 9.17) is 9.47 Å². The molecular formula is C21H23N5O2. The molecule has 7 nitrogen and oxygen atoms in total. The van der Waals surface area contributed by atoms with Gasteiger partial charge in [0.25, 0.3) is 0 Å². The Labute approximate surface area is 164 Å².